The number of phenols is 1. The molecule has 4 aromatic rings. The van der Waals surface area contributed by atoms with Crippen molar-refractivity contribution >= 4 is 55.9 Å². The molecule has 1 unspecified atom stereocenters. The summed E-state index contributed by atoms with van der Waals surface area (Å²) in [5.74, 6) is 0.0805. The van der Waals surface area contributed by atoms with E-state index in [9.17, 15) is 9.90 Å². The van der Waals surface area contributed by atoms with Crippen LogP contribution in [0.3, 0.4) is 0 Å². The number of aromatic hydroxyl groups is 1. The van der Waals surface area contributed by atoms with E-state index < -0.39 is 11.9 Å². The number of hydrogen-bond donors (Lipinski definition) is 2. The van der Waals surface area contributed by atoms with Crippen molar-refractivity contribution in [2.75, 3.05) is 6.61 Å². The summed E-state index contributed by atoms with van der Waals surface area (Å²) in [6.45, 7) is -0.219. The average Bonchev–Trinajstić information content (AvgIpc) is 2.80. The molecule has 0 spiro atoms. The number of amides is 1. The highest BCUT2D eigenvalue weighted by molar-refractivity contribution is 9.10. The minimum Gasteiger partial charge on any atom is -0.505 e. The second-order valence-electron chi connectivity index (χ2n) is 6.96. The number of benzene rings is 3. The Labute approximate surface area is 203 Å². The highest BCUT2D eigenvalue weighted by atomic mass is 79.9. The topological polar surface area (TPSA) is 71.5 Å². The Morgan fingerprint density at radius 2 is 1.78 bits per heavy atom. The van der Waals surface area contributed by atoms with E-state index in [1.807, 2.05) is 12.1 Å². The van der Waals surface area contributed by atoms with Crippen molar-refractivity contribution in [1.82, 2.24) is 10.3 Å². The van der Waals surface area contributed by atoms with E-state index in [0.29, 0.717) is 37.8 Å². The van der Waals surface area contributed by atoms with Crippen LogP contribution in [0.4, 0.5) is 0 Å². The third-order valence-electron chi connectivity index (χ3n) is 4.86. The summed E-state index contributed by atoms with van der Waals surface area (Å²) >= 11 is 16.3. The molecule has 1 heterocycles. The first-order valence-corrected chi connectivity index (χ1v) is 11.2. The Kier molecular flexibility index (Phi) is 6.84. The van der Waals surface area contributed by atoms with Crippen molar-refractivity contribution in [3.05, 3.63) is 98.6 Å². The molecule has 1 aromatic heterocycles. The minimum atomic E-state index is -0.770. The van der Waals surface area contributed by atoms with Gasteiger partial charge in [-0.05, 0) is 54.1 Å². The van der Waals surface area contributed by atoms with Gasteiger partial charge in [-0.2, -0.15) is 0 Å². The summed E-state index contributed by atoms with van der Waals surface area (Å²) in [5, 5.41) is 15.3. The second kappa shape index (κ2) is 9.77. The third-order valence-corrected chi connectivity index (χ3v) is 6.05. The molecule has 3 aromatic carbocycles. The molecule has 5 nitrogen and oxygen atoms in total. The van der Waals surface area contributed by atoms with Gasteiger partial charge in [-0.3, -0.25) is 9.78 Å². The molecule has 1 atom stereocenters. The first-order chi connectivity index (χ1) is 15.4. The monoisotopic (exact) mass is 530 g/mol. The normalized spacial score (nSPS) is 11.8. The smallest absolute Gasteiger partial charge is 0.258 e. The molecule has 0 radical (unpaired) electrons. The van der Waals surface area contributed by atoms with Gasteiger partial charge in [0.05, 0.1) is 11.1 Å². The summed E-state index contributed by atoms with van der Waals surface area (Å²) in [4.78, 5) is 17.0. The maximum absolute atomic E-state index is 12.8. The Balaban J connectivity index is 1.68. The fourth-order valence-corrected chi connectivity index (χ4v) is 4.12. The fourth-order valence-electron chi connectivity index (χ4n) is 3.34. The Morgan fingerprint density at radius 1 is 1.03 bits per heavy atom. The molecule has 2 N–H and O–H groups in total. The SMILES string of the molecule is O=C(COc1ccc(Br)cc1)NC(c1ccccc1Cl)c1cc(Cl)c2cccnc2c1O. The molecule has 1 amide bonds. The summed E-state index contributed by atoms with van der Waals surface area (Å²) in [5.41, 5.74) is 1.33. The van der Waals surface area contributed by atoms with Gasteiger partial charge in [0, 0.05) is 26.6 Å². The fraction of sp³-hybridized carbons (Fsp3) is 0.0833. The van der Waals surface area contributed by atoms with Crippen molar-refractivity contribution in [2.24, 2.45) is 0 Å². The molecular formula is C24H17BrCl2N2O3. The van der Waals surface area contributed by atoms with Gasteiger partial charge < -0.3 is 15.2 Å². The maximum atomic E-state index is 12.8. The molecule has 0 fully saturated rings. The van der Waals surface area contributed by atoms with E-state index in [1.54, 1.807) is 60.8 Å². The van der Waals surface area contributed by atoms with Gasteiger partial charge >= 0.3 is 0 Å². The minimum absolute atomic E-state index is 0.0796. The van der Waals surface area contributed by atoms with Crippen molar-refractivity contribution in [3.8, 4) is 11.5 Å². The van der Waals surface area contributed by atoms with Gasteiger partial charge in [-0.1, -0.05) is 57.3 Å². The lowest BCUT2D eigenvalue weighted by molar-refractivity contribution is -0.123. The number of aromatic nitrogens is 1. The molecule has 0 aliphatic heterocycles. The molecule has 0 saturated heterocycles. The van der Waals surface area contributed by atoms with Crippen LogP contribution in [0.1, 0.15) is 17.2 Å². The zero-order valence-electron chi connectivity index (χ0n) is 16.6. The molecule has 0 bridgehead atoms. The van der Waals surface area contributed by atoms with Gasteiger partial charge in [0.2, 0.25) is 0 Å². The van der Waals surface area contributed by atoms with Crippen LogP contribution in [0.25, 0.3) is 10.9 Å². The molecule has 0 aliphatic rings. The lowest BCUT2D eigenvalue weighted by atomic mass is 9.96. The summed E-state index contributed by atoms with van der Waals surface area (Å²) in [6, 6.07) is 18.6. The number of nitrogens with zero attached hydrogens (tertiary/aromatic N) is 1. The zero-order valence-corrected chi connectivity index (χ0v) is 19.7. The summed E-state index contributed by atoms with van der Waals surface area (Å²) in [6.07, 6.45) is 1.57. The lowest BCUT2D eigenvalue weighted by Gasteiger charge is -2.23. The molecule has 32 heavy (non-hydrogen) atoms. The van der Waals surface area contributed by atoms with E-state index in [1.165, 1.54) is 0 Å². The number of ether oxygens (including phenoxy) is 1. The Hall–Kier alpha value is -2.80. The van der Waals surface area contributed by atoms with Crippen LogP contribution in [0.15, 0.2) is 77.4 Å². The van der Waals surface area contributed by atoms with E-state index in [-0.39, 0.29) is 12.4 Å². The van der Waals surface area contributed by atoms with E-state index in [4.69, 9.17) is 27.9 Å². The molecule has 8 heteroatoms. The van der Waals surface area contributed by atoms with Crippen LogP contribution in [0.5, 0.6) is 11.5 Å². The number of nitrogens with one attached hydrogen (secondary N) is 1. The van der Waals surface area contributed by atoms with Gasteiger partial charge in [0.25, 0.3) is 5.91 Å². The second-order valence-corrected chi connectivity index (χ2v) is 8.69. The zero-order chi connectivity index (χ0) is 22.7. The number of carbonyl (C=O) groups excluding carboxylic acids is 1. The van der Waals surface area contributed by atoms with Gasteiger partial charge in [0.1, 0.15) is 17.0 Å². The van der Waals surface area contributed by atoms with Crippen LogP contribution in [-0.4, -0.2) is 22.6 Å². The van der Waals surface area contributed by atoms with E-state index >= 15 is 0 Å². The highest BCUT2D eigenvalue weighted by Crippen LogP contribution is 2.39. The quantitative estimate of drug-likeness (QED) is 0.306. The predicted molar refractivity (Wildman–Crippen MR) is 129 cm³/mol. The molecular weight excluding hydrogens is 515 g/mol. The van der Waals surface area contributed by atoms with Gasteiger partial charge in [-0.25, -0.2) is 0 Å². The third kappa shape index (κ3) is 4.83. The van der Waals surface area contributed by atoms with Crippen LogP contribution in [0, 0.1) is 0 Å². The van der Waals surface area contributed by atoms with Crippen molar-refractivity contribution < 1.29 is 14.6 Å². The van der Waals surface area contributed by atoms with E-state index in [0.717, 1.165) is 4.47 Å². The first-order valence-electron chi connectivity index (χ1n) is 9.62. The number of halogens is 3. The molecule has 0 aliphatic carbocycles. The molecule has 4 rings (SSSR count). The largest absolute Gasteiger partial charge is 0.505 e. The molecule has 162 valence electrons. The predicted octanol–water partition coefficient (Wildman–Crippen LogP) is 6.29. The number of pyridine rings is 1. The van der Waals surface area contributed by atoms with Crippen LogP contribution in [0.2, 0.25) is 10.0 Å². The highest BCUT2D eigenvalue weighted by Gasteiger charge is 2.25. The number of carbonyl (C=O) groups is 1. The van der Waals surface area contributed by atoms with Crippen LogP contribution in [-0.2, 0) is 4.79 Å². The standard InChI is InChI=1S/C24H17BrCl2N2O3/c25-14-7-9-15(10-8-14)32-13-21(30)29-22(16-4-1-2-6-19(16)26)18-12-20(27)17-5-3-11-28-23(17)24(18)31/h1-12,22,31H,13H2,(H,29,30). The Bertz CT molecular complexity index is 1280. The maximum Gasteiger partial charge on any atom is 0.258 e. The van der Waals surface area contributed by atoms with Crippen LogP contribution >= 0.6 is 39.1 Å². The molecule has 0 saturated carbocycles. The van der Waals surface area contributed by atoms with Gasteiger partial charge in [-0.15, -0.1) is 0 Å². The lowest BCUT2D eigenvalue weighted by Crippen LogP contribution is -2.33. The van der Waals surface area contributed by atoms with Crippen LogP contribution < -0.4 is 10.1 Å². The Morgan fingerprint density at radius 3 is 2.53 bits per heavy atom. The number of rotatable bonds is 6. The van der Waals surface area contributed by atoms with Crippen molar-refractivity contribution in [1.29, 1.82) is 0 Å². The van der Waals surface area contributed by atoms with E-state index in [2.05, 4.69) is 26.2 Å². The van der Waals surface area contributed by atoms with Crippen molar-refractivity contribution in [2.45, 2.75) is 6.04 Å². The summed E-state index contributed by atoms with van der Waals surface area (Å²) in [7, 11) is 0. The summed E-state index contributed by atoms with van der Waals surface area (Å²) < 4.78 is 6.49. The van der Waals surface area contributed by atoms with Crippen molar-refractivity contribution in [3.63, 3.8) is 0 Å². The number of phenolic OH excluding ortho intramolecular Hbond substituents is 1. The first kappa shape index (κ1) is 22.4. The average molecular weight is 532 g/mol. The van der Waals surface area contributed by atoms with Gasteiger partial charge in [0.15, 0.2) is 6.61 Å². The number of hydrogen-bond acceptors (Lipinski definition) is 4. The number of fused-ring (bicyclic) bond motifs is 1.